The molecule has 0 aromatic heterocycles. The molecule has 2 rings (SSSR count). The Morgan fingerprint density at radius 1 is 1.41 bits per heavy atom. The quantitative estimate of drug-likeness (QED) is 0.659. The van der Waals surface area contributed by atoms with Crippen molar-refractivity contribution in [2.45, 2.75) is 18.4 Å². The minimum atomic E-state index is -1.07. The van der Waals surface area contributed by atoms with Crippen LogP contribution >= 0.6 is 22.6 Å². The largest absolute Gasteiger partial charge is 0.334 e. The van der Waals surface area contributed by atoms with E-state index in [-0.39, 0.29) is 5.56 Å². The highest BCUT2D eigenvalue weighted by molar-refractivity contribution is 14.1. The van der Waals surface area contributed by atoms with Crippen molar-refractivity contribution in [3.63, 3.8) is 0 Å². The van der Waals surface area contributed by atoms with E-state index in [1.165, 1.54) is 0 Å². The maximum absolute atomic E-state index is 13.0. The Morgan fingerprint density at radius 3 is 2.53 bits per heavy atom. The van der Waals surface area contributed by atoms with Crippen LogP contribution in [0.1, 0.15) is 23.2 Å². The number of amides is 1. The lowest BCUT2D eigenvalue weighted by Gasteiger charge is -2.10. The molecule has 0 heterocycles. The zero-order valence-corrected chi connectivity index (χ0v) is 10.7. The standard InChI is InChI=1S/C11H7F2IN2O/c12-7-3-6(9(14)4-8(7)13)10(17)16-11(5-15)1-2-11/h3-4H,1-2H2,(H,16,17). The number of halogens is 3. The minimum Gasteiger partial charge on any atom is -0.334 e. The molecule has 3 nitrogen and oxygen atoms in total. The number of benzene rings is 1. The highest BCUT2D eigenvalue weighted by Gasteiger charge is 2.44. The molecule has 1 N–H and O–H groups in total. The van der Waals surface area contributed by atoms with E-state index in [4.69, 9.17) is 5.26 Å². The van der Waals surface area contributed by atoms with Crippen molar-refractivity contribution in [2.24, 2.45) is 0 Å². The van der Waals surface area contributed by atoms with Gasteiger partial charge in [0.1, 0.15) is 5.54 Å². The number of nitrogens with zero attached hydrogens (tertiary/aromatic N) is 1. The van der Waals surface area contributed by atoms with E-state index in [9.17, 15) is 13.6 Å². The predicted molar refractivity (Wildman–Crippen MR) is 64.1 cm³/mol. The van der Waals surface area contributed by atoms with Crippen molar-refractivity contribution in [1.29, 1.82) is 5.26 Å². The van der Waals surface area contributed by atoms with Crippen molar-refractivity contribution in [3.8, 4) is 6.07 Å². The van der Waals surface area contributed by atoms with E-state index in [0.717, 1.165) is 12.1 Å². The Labute approximate surface area is 110 Å². The van der Waals surface area contributed by atoms with E-state index in [1.54, 1.807) is 22.6 Å². The fourth-order valence-electron chi connectivity index (χ4n) is 1.37. The first kappa shape index (κ1) is 12.2. The summed E-state index contributed by atoms with van der Waals surface area (Å²) < 4.78 is 26.2. The van der Waals surface area contributed by atoms with Gasteiger partial charge in [0.05, 0.1) is 11.6 Å². The Morgan fingerprint density at radius 2 is 2.00 bits per heavy atom. The first-order valence-electron chi connectivity index (χ1n) is 4.86. The molecule has 0 spiro atoms. The zero-order chi connectivity index (χ0) is 12.6. The van der Waals surface area contributed by atoms with Crippen molar-refractivity contribution in [1.82, 2.24) is 5.32 Å². The lowest BCUT2D eigenvalue weighted by atomic mass is 10.2. The molecule has 1 amide bonds. The molecule has 17 heavy (non-hydrogen) atoms. The van der Waals surface area contributed by atoms with Crippen LogP contribution in [0.5, 0.6) is 0 Å². The van der Waals surface area contributed by atoms with Crippen molar-refractivity contribution in [3.05, 3.63) is 32.9 Å². The van der Waals surface area contributed by atoms with Gasteiger partial charge in [-0.1, -0.05) is 0 Å². The number of rotatable bonds is 2. The van der Waals surface area contributed by atoms with E-state index in [1.807, 2.05) is 6.07 Å². The minimum absolute atomic E-state index is 0.0472. The molecule has 6 heteroatoms. The van der Waals surface area contributed by atoms with Gasteiger partial charge >= 0.3 is 0 Å². The number of carbonyl (C=O) groups excluding carboxylic acids is 1. The third-order valence-corrected chi connectivity index (χ3v) is 3.46. The van der Waals surface area contributed by atoms with Crippen LogP contribution in [0.2, 0.25) is 0 Å². The molecule has 0 unspecified atom stereocenters. The summed E-state index contributed by atoms with van der Waals surface area (Å²) in [6.07, 6.45) is 1.19. The van der Waals surface area contributed by atoms with Crippen LogP contribution in [-0.2, 0) is 0 Å². The van der Waals surface area contributed by atoms with Gasteiger partial charge in [0.15, 0.2) is 11.6 Å². The molecule has 0 atom stereocenters. The van der Waals surface area contributed by atoms with Crippen LogP contribution in [0.3, 0.4) is 0 Å². The van der Waals surface area contributed by atoms with Gasteiger partial charge in [0.2, 0.25) is 0 Å². The van der Waals surface area contributed by atoms with Gasteiger partial charge in [-0.25, -0.2) is 8.78 Å². The summed E-state index contributed by atoms with van der Waals surface area (Å²) in [5.74, 6) is -2.61. The summed E-state index contributed by atoms with van der Waals surface area (Å²) in [5.41, 5.74) is -0.767. The van der Waals surface area contributed by atoms with Gasteiger partial charge in [0.25, 0.3) is 5.91 Å². The average Bonchev–Trinajstić information content (AvgIpc) is 3.04. The summed E-state index contributed by atoms with van der Waals surface area (Å²) in [6, 6.07) is 3.80. The number of carbonyl (C=O) groups is 1. The van der Waals surface area contributed by atoms with E-state index < -0.39 is 23.1 Å². The summed E-state index contributed by atoms with van der Waals surface area (Å²) in [4.78, 5) is 11.8. The van der Waals surface area contributed by atoms with E-state index in [0.29, 0.717) is 16.4 Å². The van der Waals surface area contributed by atoms with Crippen molar-refractivity contribution in [2.75, 3.05) is 0 Å². The SMILES string of the molecule is N#CC1(NC(=O)c2cc(F)c(F)cc2I)CC1. The molecule has 0 bridgehead atoms. The number of hydrogen-bond donors (Lipinski definition) is 1. The van der Waals surface area contributed by atoms with Crippen LogP contribution in [0.15, 0.2) is 12.1 Å². The van der Waals surface area contributed by atoms with Gasteiger partial charge in [-0.05, 0) is 47.6 Å². The van der Waals surface area contributed by atoms with Gasteiger partial charge in [-0.15, -0.1) is 0 Å². The fraction of sp³-hybridized carbons (Fsp3) is 0.273. The highest BCUT2D eigenvalue weighted by atomic mass is 127. The van der Waals surface area contributed by atoms with E-state index >= 15 is 0 Å². The van der Waals surface area contributed by atoms with Crippen LogP contribution in [0.25, 0.3) is 0 Å². The van der Waals surface area contributed by atoms with Crippen LogP contribution in [0, 0.1) is 26.5 Å². The number of nitrogens with one attached hydrogen (secondary N) is 1. The Kier molecular flexibility index (Phi) is 3.03. The molecule has 1 aromatic rings. The summed E-state index contributed by atoms with van der Waals surface area (Å²) in [5, 5.41) is 11.3. The molecule has 0 radical (unpaired) electrons. The first-order chi connectivity index (χ1) is 7.97. The Balaban J connectivity index is 2.26. The molecule has 0 aliphatic heterocycles. The van der Waals surface area contributed by atoms with Crippen LogP contribution in [-0.4, -0.2) is 11.4 Å². The summed E-state index contributed by atoms with van der Waals surface area (Å²) in [6.45, 7) is 0. The third kappa shape index (κ3) is 2.39. The topological polar surface area (TPSA) is 52.9 Å². The molecule has 1 aliphatic carbocycles. The molecule has 1 aromatic carbocycles. The Bertz CT molecular complexity index is 535. The van der Waals surface area contributed by atoms with Crippen molar-refractivity contribution < 1.29 is 13.6 Å². The molecular weight excluding hydrogens is 341 g/mol. The molecular formula is C11H7F2IN2O. The smallest absolute Gasteiger partial charge is 0.253 e. The average molecular weight is 348 g/mol. The fourth-order valence-corrected chi connectivity index (χ4v) is 2.05. The van der Waals surface area contributed by atoms with Crippen LogP contribution < -0.4 is 5.32 Å². The van der Waals surface area contributed by atoms with E-state index in [2.05, 4.69) is 5.32 Å². The Hall–Kier alpha value is -1.23. The normalized spacial score (nSPS) is 16.1. The predicted octanol–water partition coefficient (Wildman–Crippen LogP) is 2.36. The van der Waals surface area contributed by atoms with Gasteiger partial charge in [0, 0.05) is 3.57 Å². The van der Waals surface area contributed by atoms with Gasteiger partial charge < -0.3 is 5.32 Å². The second kappa shape index (κ2) is 4.22. The highest BCUT2D eigenvalue weighted by Crippen LogP contribution is 2.34. The second-order valence-electron chi connectivity index (χ2n) is 3.89. The maximum atomic E-state index is 13.0. The molecule has 0 saturated heterocycles. The second-order valence-corrected chi connectivity index (χ2v) is 5.06. The lowest BCUT2D eigenvalue weighted by molar-refractivity contribution is 0.0940. The molecule has 88 valence electrons. The number of nitriles is 1. The van der Waals surface area contributed by atoms with Gasteiger partial charge in [-0.2, -0.15) is 5.26 Å². The molecule has 1 aliphatic rings. The zero-order valence-electron chi connectivity index (χ0n) is 8.56. The summed E-state index contributed by atoms with van der Waals surface area (Å²) >= 11 is 1.75. The van der Waals surface area contributed by atoms with Crippen LogP contribution in [0.4, 0.5) is 8.78 Å². The molecule has 1 saturated carbocycles. The van der Waals surface area contributed by atoms with Crippen molar-refractivity contribution >= 4 is 28.5 Å². The number of hydrogen-bond acceptors (Lipinski definition) is 2. The monoisotopic (exact) mass is 348 g/mol. The molecule has 1 fully saturated rings. The lowest BCUT2D eigenvalue weighted by Crippen LogP contribution is -2.36. The van der Waals surface area contributed by atoms with Gasteiger partial charge in [-0.3, -0.25) is 4.79 Å². The third-order valence-electron chi connectivity index (χ3n) is 2.57. The maximum Gasteiger partial charge on any atom is 0.253 e. The summed E-state index contributed by atoms with van der Waals surface area (Å²) in [7, 11) is 0. The first-order valence-corrected chi connectivity index (χ1v) is 5.94.